The van der Waals surface area contributed by atoms with Crippen molar-refractivity contribution in [2.24, 2.45) is 5.84 Å². The maximum absolute atomic E-state index is 12.5. The van der Waals surface area contributed by atoms with Crippen molar-refractivity contribution >= 4 is 0 Å². The van der Waals surface area contributed by atoms with E-state index in [9.17, 15) is 8.78 Å². The van der Waals surface area contributed by atoms with E-state index in [4.69, 9.17) is 5.84 Å². The molecular formula is C6H13F2N3. The van der Waals surface area contributed by atoms with Crippen molar-refractivity contribution in [3.8, 4) is 0 Å². The molecule has 66 valence electrons. The Morgan fingerprint density at radius 3 is 2.36 bits per heavy atom. The van der Waals surface area contributed by atoms with Crippen LogP contribution >= 0.6 is 0 Å². The van der Waals surface area contributed by atoms with Crippen LogP contribution in [0.15, 0.2) is 0 Å². The number of nitrogens with one attached hydrogen (secondary N) is 1. The number of piperidine rings is 1. The Hall–Kier alpha value is -0.260. The summed E-state index contributed by atoms with van der Waals surface area (Å²) in [6.45, 7) is 1.35. The number of hydrazine groups is 1. The van der Waals surface area contributed by atoms with Crippen LogP contribution < -0.4 is 11.3 Å². The van der Waals surface area contributed by atoms with Crippen LogP contribution in [0.1, 0.15) is 12.8 Å². The normalized spacial score (nSPS) is 25.4. The Labute approximate surface area is 64.5 Å². The average Bonchev–Trinajstić information content (AvgIpc) is 1.94. The van der Waals surface area contributed by atoms with Gasteiger partial charge in [-0.1, -0.05) is 0 Å². The first-order chi connectivity index (χ1) is 5.14. The smallest absolute Gasteiger partial charge is 0.250 e. The van der Waals surface area contributed by atoms with E-state index in [1.54, 1.807) is 0 Å². The molecule has 1 aliphatic rings. The van der Waals surface area contributed by atoms with Gasteiger partial charge >= 0.3 is 0 Å². The molecule has 1 saturated heterocycles. The molecule has 1 heterocycles. The SMILES string of the molecule is NNCN1CCC(F)(F)CC1. The third kappa shape index (κ3) is 2.69. The molecule has 0 radical (unpaired) electrons. The summed E-state index contributed by atoms with van der Waals surface area (Å²) in [6, 6.07) is 0. The minimum atomic E-state index is -2.45. The van der Waals surface area contributed by atoms with Gasteiger partial charge < -0.3 is 0 Å². The minimum absolute atomic E-state index is 0.0469. The van der Waals surface area contributed by atoms with Crippen molar-refractivity contribution in [1.29, 1.82) is 0 Å². The van der Waals surface area contributed by atoms with Gasteiger partial charge in [-0.15, -0.1) is 0 Å². The highest BCUT2D eigenvalue weighted by Gasteiger charge is 2.33. The fourth-order valence-electron chi connectivity index (χ4n) is 1.17. The zero-order valence-corrected chi connectivity index (χ0v) is 6.32. The number of nitrogens with two attached hydrogens (primary N) is 1. The van der Waals surface area contributed by atoms with Crippen LogP contribution in [0.3, 0.4) is 0 Å². The van der Waals surface area contributed by atoms with Crippen molar-refractivity contribution in [2.45, 2.75) is 18.8 Å². The number of likely N-dealkylation sites (tertiary alicyclic amines) is 1. The quantitative estimate of drug-likeness (QED) is 0.451. The van der Waals surface area contributed by atoms with E-state index in [0.29, 0.717) is 19.8 Å². The molecule has 1 fully saturated rings. The fourth-order valence-corrected chi connectivity index (χ4v) is 1.17. The topological polar surface area (TPSA) is 41.3 Å². The Bertz CT molecular complexity index is 119. The average molecular weight is 165 g/mol. The van der Waals surface area contributed by atoms with Gasteiger partial charge in [0.2, 0.25) is 0 Å². The van der Waals surface area contributed by atoms with Gasteiger partial charge in [0.05, 0.1) is 6.67 Å². The molecule has 0 atom stereocenters. The largest absolute Gasteiger partial charge is 0.289 e. The van der Waals surface area contributed by atoms with Gasteiger partial charge in [0, 0.05) is 25.9 Å². The molecule has 1 aliphatic heterocycles. The molecule has 0 aromatic carbocycles. The van der Waals surface area contributed by atoms with Gasteiger partial charge in [0.1, 0.15) is 0 Å². The summed E-state index contributed by atoms with van der Waals surface area (Å²) >= 11 is 0. The maximum atomic E-state index is 12.5. The maximum Gasteiger partial charge on any atom is 0.250 e. The van der Waals surface area contributed by atoms with Gasteiger partial charge in [0.15, 0.2) is 0 Å². The second kappa shape index (κ2) is 3.42. The van der Waals surface area contributed by atoms with Gasteiger partial charge in [-0.2, -0.15) is 0 Å². The number of hydrogen-bond donors (Lipinski definition) is 2. The summed E-state index contributed by atoms with van der Waals surface area (Å²) in [6.07, 6.45) is -0.0939. The predicted molar refractivity (Wildman–Crippen MR) is 37.9 cm³/mol. The van der Waals surface area contributed by atoms with Crippen LogP contribution in [-0.2, 0) is 0 Å². The first-order valence-electron chi connectivity index (χ1n) is 3.68. The fraction of sp³-hybridized carbons (Fsp3) is 1.00. The molecular weight excluding hydrogens is 152 g/mol. The third-order valence-electron chi connectivity index (χ3n) is 1.90. The summed E-state index contributed by atoms with van der Waals surface area (Å²) < 4.78 is 25.1. The lowest BCUT2D eigenvalue weighted by Crippen LogP contribution is -2.45. The van der Waals surface area contributed by atoms with E-state index in [1.807, 2.05) is 4.90 Å². The van der Waals surface area contributed by atoms with Crippen LogP contribution in [0.25, 0.3) is 0 Å². The molecule has 11 heavy (non-hydrogen) atoms. The van der Waals surface area contributed by atoms with E-state index in [-0.39, 0.29) is 12.8 Å². The van der Waals surface area contributed by atoms with Gasteiger partial charge in [-0.25, -0.2) is 14.2 Å². The first kappa shape index (κ1) is 8.83. The Morgan fingerprint density at radius 2 is 1.91 bits per heavy atom. The highest BCUT2D eigenvalue weighted by Crippen LogP contribution is 2.26. The number of nitrogens with zero attached hydrogens (tertiary/aromatic N) is 1. The van der Waals surface area contributed by atoms with Gasteiger partial charge in [-0.05, 0) is 0 Å². The van der Waals surface area contributed by atoms with E-state index in [0.717, 1.165) is 0 Å². The van der Waals surface area contributed by atoms with E-state index in [1.165, 1.54) is 0 Å². The first-order valence-corrected chi connectivity index (χ1v) is 3.68. The highest BCUT2D eigenvalue weighted by atomic mass is 19.3. The van der Waals surface area contributed by atoms with Crippen LogP contribution in [-0.4, -0.2) is 30.6 Å². The molecule has 0 amide bonds. The second-order valence-corrected chi connectivity index (χ2v) is 2.84. The van der Waals surface area contributed by atoms with Crippen LogP contribution in [0.4, 0.5) is 8.78 Å². The predicted octanol–water partition coefficient (Wildman–Crippen LogP) is 0.138. The summed E-state index contributed by atoms with van der Waals surface area (Å²) in [5, 5.41) is 0. The van der Waals surface area contributed by atoms with E-state index >= 15 is 0 Å². The van der Waals surface area contributed by atoms with Crippen molar-refractivity contribution in [3.63, 3.8) is 0 Å². The molecule has 3 N–H and O–H groups in total. The minimum Gasteiger partial charge on any atom is -0.289 e. The molecule has 0 bridgehead atoms. The summed E-state index contributed by atoms with van der Waals surface area (Å²) in [5.41, 5.74) is 2.45. The standard InChI is InChI=1S/C6H13F2N3/c7-6(8)1-3-11(4-2-6)5-10-9/h10H,1-5,9H2. The number of rotatable bonds is 2. The van der Waals surface area contributed by atoms with Crippen LogP contribution in [0.5, 0.6) is 0 Å². The van der Waals surface area contributed by atoms with Crippen molar-refractivity contribution in [1.82, 2.24) is 10.3 Å². The zero-order chi connectivity index (χ0) is 8.32. The molecule has 1 rings (SSSR count). The number of alkyl halides is 2. The van der Waals surface area contributed by atoms with Gasteiger partial charge in [0.25, 0.3) is 5.92 Å². The molecule has 0 aromatic heterocycles. The Kier molecular flexibility index (Phi) is 2.75. The number of halogens is 2. The monoisotopic (exact) mass is 165 g/mol. The molecule has 0 unspecified atom stereocenters. The molecule has 0 spiro atoms. The number of hydrogen-bond acceptors (Lipinski definition) is 3. The molecule has 3 nitrogen and oxygen atoms in total. The Balaban J connectivity index is 2.25. The summed E-state index contributed by atoms with van der Waals surface area (Å²) in [7, 11) is 0. The van der Waals surface area contributed by atoms with Crippen molar-refractivity contribution in [3.05, 3.63) is 0 Å². The lowest BCUT2D eigenvalue weighted by Gasteiger charge is -2.31. The van der Waals surface area contributed by atoms with Crippen LogP contribution in [0.2, 0.25) is 0 Å². The van der Waals surface area contributed by atoms with E-state index < -0.39 is 5.92 Å². The lowest BCUT2D eigenvalue weighted by molar-refractivity contribution is -0.0562. The molecule has 0 aliphatic carbocycles. The van der Waals surface area contributed by atoms with Crippen molar-refractivity contribution < 1.29 is 8.78 Å². The van der Waals surface area contributed by atoms with Crippen molar-refractivity contribution in [2.75, 3.05) is 19.8 Å². The highest BCUT2D eigenvalue weighted by molar-refractivity contribution is 4.76. The van der Waals surface area contributed by atoms with Gasteiger partial charge in [-0.3, -0.25) is 10.7 Å². The lowest BCUT2D eigenvalue weighted by atomic mass is 10.1. The molecule has 5 heteroatoms. The summed E-state index contributed by atoms with van der Waals surface area (Å²) in [5.74, 6) is 2.59. The second-order valence-electron chi connectivity index (χ2n) is 2.84. The van der Waals surface area contributed by atoms with Crippen LogP contribution in [0, 0.1) is 0 Å². The summed E-state index contributed by atoms with van der Waals surface area (Å²) in [4.78, 5) is 1.87. The third-order valence-corrected chi connectivity index (χ3v) is 1.90. The van der Waals surface area contributed by atoms with E-state index in [2.05, 4.69) is 5.43 Å². The molecule has 0 saturated carbocycles. The zero-order valence-electron chi connectivity index (χ0n) is 6.32. The molecule has 0 aromatic rings. The Morgan fingerprint density at radius 1 is 1.36 bits per heavy atom.